The largest absolute Gasteiger partial charge is 0.306 e. The maximum absolute atomic E-state index is 13.1. The molecule has 0 aromatic heterocycles. The van der Waals surface area contributed by atoms with Crippen LogP contribution in [0, 0.1) is 5.82 Å². The number of hydrogen-bond acceptors (Lipinski definition) is 1. The molecule has 0 fully saturated rings. The Morgan fingerprint density at radius 3 is 2.95 bits per heavy atom. The van der Waals surface area contributed by atoms with Crippen molar-refractivity contribution in [1.82, 2.24) is 5.32 Å². The zero-order valence-electron chi connectivity index (χ0n) is 10.5. The van der Waals surface area contributed by atoms with Crippen LogP contribution in [0.1, 0.15) is 29.2 Å². The average Bonchev–Trinajstić information content (AvgIpc) is 2.78. The van der Waals surface area contributed by atoms with Gasteiger partial charge in [-0.05, 0) is 53.8 Å². The van der Waals surface area contributed by atoms with E-state index in [1.54, 1.807) is 12.1 Å². The van der Waals surface area contributed by atoms with Crippen LogP contribution < -0.4 is 5.32 Å². The van der Waals surface area contributed by atoms with Crippen LogP contribution in [0.5, 0.6) is 0 Å². The number of nitrogens with one attached hydrogen (secondary N) is 1. The SMILES string of the molecule is Fc1cccc(CNC2CCc3cc(Cl)ccc32)c1. The van der Waals surface area contributed by atoms with E-state index >= 15 is 0 Å². The summed E-state index contributed by atoms with van der Waals surface area (Å²) in [6.07, 6.45) is 2.13. The van der Waals surface area contributed by atoms with Crippen LogP contribution in [0.3, 0.4) is 0 Å². The van der Waals surface area contributed by atoms with Crippen molar-refractivity contribution in [2.45, 2.75) is 25.4 Å². The molecule has 0 heterocycles. The third-order valence-corrected chi connectivity index (χ3v) is 3.86. The second-order valence-electron chi connectivity index (χ2n) is 4.95. The van der Waals surface area contributed by atoms with Crippen molar-refractivity contribution in [3.05, 3.63) is 70.0 Å². The maximum Gasteiger partial charge on any atom is 0.123 e. The van der Waals surface area contributed by atoms with Crippen LogP contribution in [0.2, 0.25) is 5.02 Å². The zero-order chi connectivity index (χ0) is 13.2. The molecule has 0 saturated carbocycles. The summed E-state index contributed by atoms with van der Waals surface area (Å²) in [5, 5.41) is 4.29. The van der Waals surface area contributed by atoms with Gasteiger partial charge in [-0.15, -0.1) is 0 Å². The van der Waals surface area contributed by atoms with Gasteiger partial charge in [0.1, 0.15) is 5.82 Å². The van der Waals surface area contributed by atoms with Crippen molar-refractivity contribution in [2.24, 2.45) is 0 Å². The third kappa shape index (κ3) is 2.80. The fourth-order valence-corrected chi connectivity index (χ4v) is 2.88. The Bertz CT molecular complexity index is 597. The third-order valence-electron chi connectivity index (χ3n) is 3.62. The second kappa shape index (κ2) is 5.32. The van der Waals surface area contributed by atoms with Gasteiger partial charge >= 0.3 is 0 Å². The molecular weight excluding hydrogens is 261 g/mol. The standard InChI is InChI=1S/C16H15ClFN/c17-13-5-6-15-12(9-13)4-7-16(15)19-10-11-2-1-3-14(18)8-11/h1-3,5-6,8-9,16,19H,4,7,10H2. The summed E-state index contributed by atoms with van der Waals surface area (Å²) >= 11 is 6.00. The van der Waals surface area contributed by atoms with Gasteiger partial charge in [0.25, 0.3) is 0 Å². The molecule has 1 aliphatic carbocycles. The molecule has 98 valence electrons. The summed E-state index contributed by atoms with van der Waals surface area (Å²) in [6.45, 7) is 0.685. The zero-order valence-corrected chi connectivity index (χ0v) is 11.3. The molecule has 3 rings (SSSR count). The summed E-state index contributed by atoms with van der Waals surface area (Å²) in [6, 6.07) is 13.1. The fraction of sp³-hybridized carbons (Fsp3) is 0.250. The lowest BCUT2D eigenvalue weighted by Gasteiger charge is -2.14. The summed E-state index contributed by atoms with van der Waals surface area (Å²) in [7, 11) is 0. The minimum absolute atomic E-state index is 0.182. The summed E-state index contributed by atoms with van der Waals surface area (Å²) in [5.41, 5.74) is 3.62. The number of fused-ring (bicyclic) bond motifs is 1. The normalized spacial score (nSPS) is 17.5. The Balaban J connectivity index is 1.70. The highest BCUT2D eigenvalue weighted by molar-refractivity contribution is 6.30. The van der Waals surface area contributed by atoms with Gasteiger partial charge < -0.3 is 5.32 Å². The van der Waals surface area contributed by atoms with E-state index in [0.717, 1.165) is 23.4 Å². The molecule has 0 saturated heterocycles. The Morgan fingerprint density at radius 2 is 2.11 bits per heavy atom. The van der Waals surface area contributed by atoms with Gasteiger partial charge in [0.2, 0.25) is 0 Å². The van der Waals surface area contributed by atoms with Gasteiger partial charge in [0.15, 0.2) is 0 Å². The van der Waals surface area contributed by atoms with Crippen LogP contribution in [-0.2, 0) is 13.0 Å². The first kappa shape index (κ1) is 12.6. The lowest BCUT2D eigenvalue weighted by Crippen LogP contribution is -2.18. The van der Waals surface area contributed by atoms with Crippen LogP contribution in [0.25, 0.3) is 0 Å². The van der Waals surface area contributed by atoms with Crippen LogP contribution >= 0.6 is 11.6 Å². The van der Waals surface area contributed by atoms with Gasteiger partial charge in [-0.2, -0.15) is 0 Å². The molecular formula is C16H15ClFN. The maximum atomic E-state index is 13.1. The Kier molecular flexibility index (Phi) is 3.54. The minimum Gasteiger partial charge on any atom is -0.306 e. The lowest BCUT2D eigenvalue weighted by molar-refractivity contribution is 0.528. The van der Waals surface area contributed by atoms with Gasteiger partial charge in [0.05, 0.1) is 0 Å². The highest BCUT2D eigenvalue weighted by Crippen LogP contribution is 2.32. The number of rotatable bonds is 3. The lowest BCUT2D eigenvalue weighted by atomic mass is 10.1. The number of aryl methyl sites for hydroxylation is 1. The van der Waals surface area contributed by atoms with Crippen molar-refractivity contribution >= 4 is 11.6 Å². The van der Waals surface area contributed by atoms with Crippen LogP contribution in [0.15, 0.2) is 42.5 Å². The van der Waals surface area contributed by atoms with E-state index in [9.17, 15) is 4.39 Å². The Hall–Kier alpha value is -1.38. The molecule has 0 radical (unpaired) electrons. The molecule has 2 aromatic carbocycles. The molecule has 0 aliphatic heterocycles. The number of hydrogen-bond donors (Lipinski definition) is 1. The number of benzene rings is 2. The van der Waals surface area contributed by atoms with Crippen molar-refractivity contribution < 1.29 is 4.39 Å². The summed E-state index contributed by atoms with van der Waals surface area (Å²) < 4.78 is 13.1. The highest BCUT2D eigenvalue weighted by atomic mass is 35.5. The van der Waals surface area contributed by atoms with Gasteiger partial charge in [-0.3, -0.25) is 0 Å². The van der Waals surface area contributed by atoms with Crippen molar-refractivity contribution in [3.63, 3.8) is 0 Å². The smallest absolute Gasteiger partial charge is 0.123 e. The molecule has 1 aliphatic rings. The minimum atomic E-state index is -0.182. The van der Waals surface area contributed by atoms with E-state index in [1.807, 2.05) is 18.2 Å². The molecule has 0 spiro atoms. The highest BCUT2D eigenvalue weighted by Gasteiger charge is 2.21. The summed E-state index contributed by atoms with van der Waals surface area (Å²) in [4.78, 5) is 0. The molecule has 2 aromatic rings. The summed E-state index contributed by atoms with van der Waals surface area (Å²) in [5.74, 6) is -0.182. The topological polar surface area (TPSA) is 12.0 Å². The van der Waals surface area contributed by atoms with E-state index in [-0.39, 0.29) is 5.82 Å². The van der Waals surface area contributed by atoms with E-state index in [1.165, 1.54) is 17.2 Å². The fourth-order valence-electron chi connectivity index (χ4n) is 2.69. The van der Waals surface area contributed by atoms with Crippen LogP contribution in [-0.4, -0.2) is 0 Å². The first-order valence-electron chi connectivity index (χ1n) is 6.48. The average molecular weight is 276 g/mol. The Morgan fingerprint density at radius 1 is 1.21 bits per heavy atom. The van der Waals surface area contributed by atoms with Crippen molar-refractivity contribution in [1.29, 1.82) is 0 Å². The predicted molar refractivity (Wildman–Crippen MR) is 75.8 cm³/mol. The van der Waals surface area contributed by atoms with Gasteiger partial charge in [-0.25, -0.2) is 4.39 Å². The molecule has 0 amide bonds. The van der Waals surface area contributed by atoms with Crippen molar-refractivity contribution in [3.8, 4) is 0 Å². The molecule has 1 unspecified atom stereocenters. The van der Waals surface area contributed by atoms with Gasteiger partial charge in [0, 0.05) is 17.6 Å². The molecule has 0 bridgehead atoms. The van der Waals surface area contributed by atoms with E-state index in [2.05, 4.69) is 11.4 Å². The molecule has 3 heteroatoms. The van der Waals surface area contributed by atoms with Gasteiger partial charge in [-0.1, -0.05) is 29.8 Å². The van der Waals surface area contributed by atoms with E-state index < -0.39 is 0 Å². The molecule has 19 heavy (non-hydrogen) atoms. The van der Waals surface area contributed by atoms with E-state index in [4.69, 9.17) is 11.6 Å². The van der Waals surface area contributed by atoms with Crippen LogP contribution in [0.4, 0.5) is 4.39 Å². The molecule has 1 atom stereocenters. The monoisotopic (exact) mass is 275 g/mol. The van der Waals surface area contributed by atoms with E-state index in [0.29, 0.717) is 12.6 Å². The number of halogens is 2. The second-order valence-corrected chi connectivity index (χ2v) is 5.38. The molecule has 1 nitrogen and oxygen atoms in total. The molecule has 1 N–H and O–H groups in total. The Labute approximate surface area is 117 Å². The quantitative estimate of drug-likeness (QED) is 0.883. The first-order valence-corrected chi connectivity index (χ1v) is 6.86. The van der Waals surface area contributed by atoms with Crippen molar-refractivity contribution in [2.75, 3.05) is 0 Å². The predicted octanol–water partition coefficient (Wildman–Crippen LogP) is 4.26. The first-order chi connectivity index (χ1) is 9.22.